The Morgan fingerprint density at radius 1 is 1.55 bits per heavy atom. The molecule has 0 fully saturated rings. The molecule has 0 aromatic rings. The number of aliphatic carboxylic acids is 1. The van der Waals surface area contributed by atoms with Crippen molar-refractivity contribution in [2.24, 2.45) is 0 Å². The van der Waals surface area contributed by atoms with Crippen molar-refractivity contribution in [1.82, 2.24) is 0 Å². The van der Waals surface area contributed by atoms with E-state index < -0.39 is 24.0 Å². The summed E-state index contributed by atoms with van der Waals surface area (Å²) in [6.45, 7) is 1.03. The van der Waals surface area contributed by atoms with Crippen LogP contribution in [0.1, 0.15) is 13.3 Å². The van der Waals surface area contributed by atoms with Crippen molar-refractivity contribution in [3.8, 4) is 0 Å². The van der Waals surface area contributed by atoms with Crippen molar-refractivity contribution in [1.29, 1.82) is 0 Å². The third-order valence-electron chi connectivity index (χ3n) is 1.18. The second kappa shape index (κ2) is 3.34. The Labute approximate surface area is 63.6 Å². The van der Waals surface area contributed by atoms with Gasteiger partial charge in [0.2, 0.25) is 0 Å². The van der Waals surface area contributed by atoms with Crippen molar-refractivity contribution in [2.45, 2.75) is 18.9 Å². The Morgan fingerprint density at radius 2 is 2.00 bits per heavy atom. The number of ether oxygens (including phenoxy) is 1. The molecule has 0 heterocycles. The number of hydrogen-bond acceptors (Lipinski definition) is 4. The van der Waals surface area contributed by atoms with Crippen LogP contribution in [0.25, 0.3) is 0 Å². The van der Waals surface area contributed by atoms with Gasteiger partial charge in [0.1, 0.15) is 0 Å². The third-order valence-corrected chi connectivity index (χ3v) is 1.18. The minimum absolute atomic E-state index is 0.543. The fourth-order valence-electron chi connectivity index (χ4n) is 0.429. The van der Waals surface area contributed by atoms with Gasteiger partial charge < -0.3 is 14.9 Å². The number of aliphatic hydroxyl groups is 1. The van der Waals surface area contributed by atoms with Crippen LogP contribution in [0.2, 0.25) is 0 Å². The monoisotopic (exact) mass is 162 g/mol. The van der Waals surface area contributed by atoms with Gasteiger partial charge in [0.25, 0.3) is 0 Å². The van der Waals surface area contributed by atoms with E-state index in [0.717, 1.165) is 14.0 Å². The topological polar surface area (TPSA) is 83.8 Å². The van der Waals surface area contributed by atoms with E-state index in [1.807, 2.05) is 0 Å². The largest absolute Gasteiger partial charge is 0.479 e. The van der Waals surface area contributed by atoms with E-state index in [9.17, 15) is 9.59 Å². The maximum Gasteiger partial charge on any atom is 0.335 e. The molecule has 0 radical (unpaired) electrons. The van der Waals surface area contributed by atoms with Crippen molar-refractivity contribution in [3.05, 3.63) is 0 Å². The van der Waals surface area contributed by atoms with Gasteiger partial charge in [-0.2, -0.15) is 0 Å². The van der Waals surface area contributed by atoms with Crippen molar-refractivity contribution in [3.63, 3.8) is 0 Å². The highest BCUT2D eigenvalue weighted by molar-refractivity contribution is 5.83. The first-order chi connectivity index (χ1) is 4.90. The van der Waals surface area contributed by atoms with E-state index >= 15 is 0 Å². The Morgan fingerprint density at radius 3 is 2.27 bits per heavy atom. The standard InChI is InChI=1S/C6H10O5/c1-6(10,5(8)9)3-4(7)11-2/h10H,3H2,1-2H3,(H,8,9)/t6-/m1/s1. The molecule has 1 atom stereocenters. The van der Waals surface area contributed by atoms with Gasteiger partial charge in [-0.25, -0.2) is 4.79 Å². The van der Waals surface area contributed by atoms with Crippen LogP contribution in [-0.4, -0.2) is 34.9 Å². The molecule has 0 aliphatic heterocycles. The minimum atomic E-state index is -2.03. The average Bonchev–Trinajstić information content (AvgIpc) is 1.86. The molecule has 11 heavy (non-hydrogen) atoms. The highest BCUT2D eigenvalue weighted by atomic mass is 16.5. The number of esters is 1. The smallest absolute Gasteiger partial charge is 0.335 e. The quantitative estimate of drug-likeness (QED) is 0.540. The van der Waals surface area contributed by atoms with E-state index in [1.165, 1.54) is 0 Å². The number of carboxylic acids is 1. The predicted molar refractivity (Wildman–Crippen MR) is 34.9 cm³/mol. The molecule has 0 saturated carbocycles. The normalized spacial score (nSPS) is 15.2. The Bertz CT molecular complexity index is 172. The molecule has 0 aliphatic rings. The number of carbonyl (C=O) groups excluding carboxylic acids is 1. The zero-order valence-corrected chi connectivity index (χ0v) is 6.33. The molecule has 0 aromatic carbocycles. The van der Waals surface area contributed by atoms with Crippen LogP contribution in [0.4, 0.5) is 0 Å². The molecule has 0 saturated heterocycles. The highest BCUT2D eigenvalue weighted by Crippen LogP contribution is 2.09. The van der Waals surface area contributed by atoms with Crippen LogP contribution in [0.15, 0.2) is 0 Å². The number of carbonyl (C=O) groups is 2. The van der Waals surface area contributed by atoms with Gasteiger partial charge in [-0.15, -0.1) is 0 Å². The van der Waals surface area contributed by atoms with Crippen molar-refractivity contribution < 1.29 is 24.5 Å². The van der Waals surface area contributed by atoms with Gasteiger partial charge in [-0.1, -0.05) is 0 Å². The van der Waals surface area contributed by atoms with Gasteiger partial charge in [-0.3, -0.25) is 4.79 Å². The summed E-state index contributed by atoms with van der Waals surface area (Å²) in [5, 5.41) is 17.3. The van der Waals surface area contributed by atoms with E-state index in [4.69, 9.17) is 10.2 Å². The van der Waals surface area contributed by atoms with Crippen molar-refractivity contribution >= 4 is 11.9 Å². The van der Waals surface area contributed by atoms with Crippen molar-refractivity contribution in [2.75, 3.05) is 7.11 Å². The Balaban J connectivity index is 4.12. The maximum absolute atomic E-state index is 10.5. The molecule has 0 spiro atoms. The van der Waals surface area contributed by atoms with Crippen LogP contribution in [0.3, 0.4) is 0 Å². The van der Waals surface area contributed by atoms with Gasteiger partial charge in [0.05, 0.1) is 13.5 Å². The summed E-state index contributed by atoms with van der Waals surface area (Å²) in [4.78, 5) is 20.7. The van der Waals surface area contributed by atoms with Gasteiger partial charge in [0, 0.05) is 0 Å². The Kier molecular flexibility index (Phi) is 3.00. The average molecular weight is 162 g/mol. The van der Waals surface area contributed by atoms with Crippen LogP contribution < -0.4 is 0 Å². The fraction of sp³-hybridized carbons (Fsp3) is 0.667. The molecule has 5 nitrogen and oxygen atoms in total. The molecular weight excluding hydrogens is 152 g/mol. The number of methoxy groups -OCH3 is 1. The summed E-state index contributed by atoms with van der Waals surface area (Å²) in [6, 6.07) is 0. The van der Waals surface area contributed by atoms with Crippen LogP contribution in [0.5, 0.6) is 0 Å². The molecule has 64 valence electrons. The van der Waals surface area contributed by atoms with Crippen LogP contribution in [-0.2, 0) is 14.3 Å². The van der Waals surface area contributed by atoms with E-state index in [1.54, 1.807) is 0 Å². The maximum atomic E-state index is 10.5. The zero-order valence-electron chi connectivity index (χ0n) is 6.33. The first-order valence-electron chi connectivity index (χ1n) is 2.92. The lowest BCUT2D eigenvalue weighted by molar-refractivity contribution is -0.164. The first kappa shape index (κ1) is 9.90. The number of rotatable bonds is 3. The molecular formula is C6H10O5. The van der Waals surface area contributed by atoms with E-state index in [-0.39, 0.29) is 0 Å². The first-order valence-corrected chi connectivity index (χ1v) is 2.92. The van der Waals surface area contributed by atoms with Gasteiger partial charge in [0.15, 0.2) is 5.60 Å². The van der Waals surface area contributed by atoms with Crippen LogP contribution in [0, 0.1) is 0 Å². The lowest BCUT2D eigenvalue weighted by Gasteiger charge is -2.15. The second-order valence-corrected chi connectivity index (χ2v) is 2.33. The summed E-state index contributed by atoms with van der Waals surface area (Å²) in [6.07, 6.45) is -0.543. The fourth-order valence-corrected chi connectivity index (χ4v) is 0.429. The van der Waals surface area contributed by atoms with E-state index in [2.05, 4.69) is 4.74 Å². The molecule has 0 amide bonds. The lowest BCUT2D eigenvalue weighted by atomic mass is 10.0. The molecule has 0 unspecified atom stereocenters. The Hall–Kier alpha value is -1.10. The summed E-state index contributed by atoms with van der Waals surface area (Å²) in [5.74, 6) is -2.19. The molecule has 5 heteroatoms. The minimum Gasteiger partial charge on any atom is -0.479 e. The second-order valence-electron chi connectivity index (χ2n) is 2.33. The summed E-state index contributed by atoms with van der Waals surface area (Å²) in [5.41, 5.74) is -2.03. The molecule has 0 aliphatic carbocycles. The predicted octanol–water partition coefficient (Wildman–Crippen LogP) is -0.615. The number of carboxylic acid groups (broad SMARTS) is 1. The number of hydrogen-bond donors (Lipinski definition) is 2. The lowest BCUT2D eigenvalue weighted by Crippen LogP contribution is -2.37. The third kappa shape index (κ3) is 2.99. The summed E-state index contributed by atoms with van der Waals surface area (Å²) >= 11 is 0. The molecule has 0 aromatic heterocycles. The summed E-state index contributed by atoms with van der Waals surface area (Å²) < 4.78 is 4.17. The molecule has 0 rings (SSSR count). The van der Waals surface area contributed by atoms with Gasteiger partial charge >= 0.3 is 11.9 Å². The zero-order chi connectivity index (χ0) is 9.07. The highest BCUT2D eigenvalue weighted by Gasteiger charge is 2.33. The van der Waals surface area contributed by atoms with Gasteiger partial charge in [-0.05, 0) is 6.92 Å². The molecule has 0 bridgehead atoms. The SMILES string of the molecule is COC(=O)C[C@@](C)(O)C(=O)O. The molecule has 2 N–H and O–H groups in total. The van der Waals surface area contributed by atoms with E-state index in [0.29, 0.717) is 0 Å². The van der Waals surface area contributed by atoms with Crippen LogP contribution >= 0.6 is 0 Å². The summed E-state index contributed by atoms with van der Waals surface area (Å²) in [7, 11) is 1.13.